The number of aromatic nitrogens is 2. The highest BCUT2D eigenvalue weighted by molar-refractivity contribution is 9.10. The van der Waals surface area contributed by atoms with Crippen LogP contribution in [0.1, 0.15) is 11.8 Å². The number of halogens is 1. The van der Waals surface area contributed by atoms with Gasteiger partial charge < -0.3 is 0 Å². The Morgan fingerprint density at radius 2 is 2.31 bits per heavy atom. The van der Waals surface area contributed by atoms with Crippen LogP contribution in [0.2, 0.25) is 0 Å². The molecule has 0 fully saturated rings. The van der Waals surface area contributed by atoms with Gasteiger partial charge in [0, 0.05) is 4.88 Å². The van der Waals surface area contributed by atoms with E-state index in [4.69, 9.17) is 0 Å². The van der Waals surface area contributed by atoms with E-state index in [1.165, 1.54) is 21.3 Å². The monoisotopic (exact) mass is 274 g/mol. The molecule has 68 valence electrons. The third-order valence-corrected chi connectivity index (χ3v) is 4.33. The lowest BCUT2D eigenvalue weighted by Crippen LogP contribution is -1.67. The van der Waals surface area contributed by atoms with E-state index in [9.17, 15) is 0 Å². The second kappa shape index (κ2) is 3.86. The Labute approximate surface area is 92.9 Å². The van der Waals surface area contributed by atoms with Crippen LogP contribution in [0.4, 0.5) is 0 Å². The third-order valence-electron chi connectivity index (χ3n) is 1.62. The van der Waals surface area contributed by atoms with Gasteiger partial charge in [0.05, 0.1) is 4.88 Å². The van der Waals surface area contributed by atoms with Crippen LogP contribution in [-0.2, 0) is 6.42 Å². The first kappa shape index (κ1) is 9.30. The summed E-state index contributed by atoms with van der Waals surface area (Å²) in [4.78, 5) is 6.86. The lowest BCUT2D eigenvalue weighted by molar-refractivity contribution is 1.19. The van der Waals surface area contributed by atoms with Crippen LogP contribution in [0.5, 0.6) is 0 Å². The predicted octanol–water partition coefficient (Wildman–Crippen LogP) is 3.59. The minimum Gasteiger partial charge on any atom is -0.208 e. The van der Waals surface area contributed by atoms with E-state index in [2.05, 4.69) is 44.3 Å². The quantitative estimate of drug-likeness (QED) is 0.837. The van der Waals surface area contributed by atoms with Gasteiger partial charge in [-0.15, -0.1) is 11.3 Å². The van der Waals surface area contributed by atoms with Gasteiger partial charge in [-0.25, -0.2) is 4.98 Å². The molecular weight excluding hydrogens is 268 g/mol. The maximum atomic E-state index is 4.26. The van der Waals surface area contributed by atoms with Crippen molar-refractivity contribution >= 4 is 38.8 Å². The van der Waals surface area contributed by atoms with E-state index >= 15 is 0 Å². The fourth-order valence-electron chi connectivity index (χ4n) is 0.988. The topological polar surface area (TPSA) is 25.8 Å². The van der Waals surface area contributed by atoms with Crippen LogP contribution in [0.25, 0.3) is 9.88 Å². The molecule has 0 saturated carbocycles. The van der Waals surface area contributed by atoms with Gasteiger partial charge in [0.2, 0.25) is 4.73 Å². The molecule has 0 aromatic carbocycles. The number of thiophene rings is 1. The first-order chi connectivity index (χ1) is 6.29. The molecule has 0 aliphatic heterocycles. The number of hydrogen-bond acceptors (Lipinski definition) is 4. The Hall–Kier alpha value is -0.260. The van der Waals surface area contributed by atoms with Gasteiger partial charge in [0.25, 0.3) is 0 Å². The molecule has 2 rings (SSSR count). The van der Waals surface area contributed by atoms with Gasteiger partial charge in [-0.3, -0.25) is 0 Å². The molecule has 0 radical (unpaired) electrons. The van der Waals surface area contributed by atoms with E-state index in [1.54, 1.807) is 11.3 Å². The molecule has 0 atom stereocenters. The Kier molecular flexibility index (Phi) is 2.76. The molecule has 0 spiro atoms. The van der Waals surface area contributed by atoms with Crippen molar-refractivity contribution in [2.24, 2.45) is 0 Å². The summed E-state index contributed by atoms with van der Waals surface area (Å²) < 4.78 is 4.76. The Morgan fingerprint density at radius 1 is 1.46 bits per heavy atom. The summed E-state index contributed by atoms with van der Waals surface area (Å²) in [6, 6.07) is 4.26. The zero-order chi connectivity index (χ0) is 9.26. The average molecular weight is 275 g/mol. The molecule has 0 unspecified atom stereocenters. The maximum Gasteiger partial charge on any atom is 0.209 e. The van der Waals surface area contributed by atoms with E-state index in [0.29, 0.717) is 4.73 Å². The molecule has 5 heteroatoms. The zero-order valence-corrected chi connectivity index (χ0v) is 10.2. The van der Waals surface area contributed by atoms with Gasteiger partial charge in [-0.05, 0) is 46.0 Å². The lowest BCUT2D eigenvalue weighted by Gasteiger charge is -1.85. The first-order valence-electron chi connectivity index (χ1n) is 3.88. The normalized spacial score (nSPS) is 10.6. The molecule has 0 bridgehead atoms. The SMILES string of the molecule is CCc1ccc(-c2nc(Br)ns2)s1. The molecular formula is C8H7BrN2S2. The summed E-state index contributed by atoms with van der Waals surface area (Å²) in [5.41, 5.74) is 0. The largest absolute Gasteiger partial charge is 0.209 e. The number of aryl methyl sites for hydroxylation is 1. The smallest absolute Gasteiger partial charge is 0.208 e. The molecule has 0 saturated heterocycles. The summed E-state index contributed by atoms with van der Waals surface area (Å²) in [5.74, 6) is 0. The highest BCUT2D eigenvalue weighted by atomic mass is 79.9. The minimum absolute atomic E-state index is 0.680. The van der Waals surface area contributed by atoms with Crippen molar-refractivity contribution < 1.29 is 0 Å². The summed E-state index contributed by atoms with van der Waals surface area (Å²) in [5, 5.41) is 0.997. The second-order valence-corrected chi connectivity index (χ2v) is 5.12. The molecule has 0 aliphatic carbocycles. The first-order valence-corrected chi connectivity index (χ1v) is 6.26. The average Bonchev–Trinajstić information content (AvgIpc) is 2.71. The molecule has 2 aromatic heterocycles. The number of rotatable bonds is 2. The molecule has 2 heterocycles. The summed E-state index contributed by atoms with van der Waals surface area (Å²) in [7, 11) is 0. The highest BCUT2D eigenvalue weighted by Gasteiger charge is 2.06. The fourth-order valence-corrected chi connectivity index (χ4v) is 3.06. The summed E-state index contributed by atoms with van der Waals surface area (Å²) in [6.45, 7) is 2.16. The standard InChI is InChI=1S/C8H7BrN2S2/c1-2-5-3-4-6(12-5)7-10-8(9)11-13-7/h3-4H,2H2,1H3. The maximum absolute atomic E-state index is 4.26. The van der Waals surface area contributed by atoms with Gasteiger partial charge >= 0.3 is 0 Å². The van der Waals surface area contributed by atoms with Crippen molar-refractivity contribution in [3.8, 4) is 9.88 Å². The molecule has 13 heavy (non-hydrogen) atoms. The van der Waals surface area contributed by atoms with Gasteiger partial charge in [0.1, 0.15) is 0 Å². The van der Waals surface area contributed by atoms with Crippen molar-refractivity contribution in [2.45, 2.75) is 13.3 Å². The predicted molar refractivity (Wildman–Crippen MR) is 60.3 cm³/mol. The summed E-state index contributed by atoms with van der Waals surface area (Å²) >= 11 is 6.46. The molecule has 2 nitrogen and oxygen atoms in total. The van der Waals surface area contributed by atoms with Crippen molar-refractivity contribution in [2.75, 3.05) is 0 Å². The van der Waals surface area contributed by atoms with Crippen LogP contribution in [-0.4, -0.2) is 9.36 Å². The fraction of sp³-hybridized carbons (Fsp3) is 0.250. The van der Waals surface area contributed by atoms with Crippen molar-refractivity contribution in [3.05, 3.63) is 21.7 Å². The van der Waals surface area contributed by atoms with Crippen molar-refractivity contribution in [1.29, 1.82) is 0 Å². The van der Waals surface area contributed by atoms with Crippen LogP contribution < -0.4 is 0 Å². The van der Waals surface area contributed by atoms with E-state index in [-0.39, 0.29) is 0 Å². The second-order valence-electron chi connectivity index (χ2n) is 2.49. The lowest BCUT2D eigenvalue weighted by atomic mass is 10.4. The zero-order valence-electron chi connectivity index (χ0n) is 6.95. The van der Waals surface area contributed by atoms with E-state index in [1.807, 2.05) is 0 Å². The molecule has 2 aromatic rings. The molecule has 0 amide bonds. The van der Waals surface area contributed by atoms with Crippen molar-refractivity contribution in [1.82, 2.24) is 9.36 Å². The van der Waals surface area contributed by atoms with Crippen LogP contribution in [0, 0.1) is 0 Å². The van der Waals surface area contributed by atoms with E-state index < -0.39 is 0 Å². The minimum atomic E-state index is 0.680. The Morgan fingerprint density at radius 3 is 2.85 bits per heavy atom. The van der Waals surface area contributed by atoms with Gasteiger partial charge in [-0.1, -0.05) is 6.92 Å². The van der Waals surface area contributed by atoms with E-state index in [0.717, 1.165) is 11.4 Å². The van der Waals surface area contributed by atoms with Gasteiger partial charge in [-0.2, -0.15) is 4.37 Å². The third kappa shape index (κ3) is 1.98. The van der Waals surface area contributed by atoms with Crippen molar-refractivity contribution in [3.63, 3.8) is 0 Å². The number of hydrogen-bond donors (Lipinski definition) is 0. The van der Waals surface area contributed by atoms with Crippen LogP contribution in [0.15, 0.2) is 16.9 Å². The van der Waals surface area contributed by atoms with Crippen LogP contribution >= 0.6 is 38.8 Å². The molecule has 0 N–H and O–H groups in total. The van der Waals surface area contributed by atoms with Gasteiger partial charge in [0.15, 0.2) is 5.01 Å². The summed E-state index contributed by atoms with van der Waals surface area (Å²) in [6.07, 6.45) is 1.09. The number of nitrogens with zero attached hydrogens (tertiary/aromatic N) is 2. The highest BCUT2D eigenvalue weighted by Crippen LogP contribution is 2.30. The van der Waals surface area contributed by atoms with Crippen LogP contribution in [0.3, 0.4) is 0 Å². The Balaban J connectivity index is 2.35. The molecule has 0 aliphatic rings. The Bertz CT molecular complexity index is 408.